The summed E-state index contributed by atoms with van der Waals surface area (Å²) in [5.41, 5.74) is 2.45. The number of halogens is 2. The minimum absolute atomic E-state index is 0.139. The van der Waals surface area contributed by atoms with Gasteiger partial charge in [-0.25, -0.2) is 4.39 Å². The normalized spacial score (nSPS) is 22.5. The number of rotatable bonds is 2. The Balaban J connectivity index is 1.86. The Kier molecular flexibility index (Phi) is 2.75. The molecule has 1 fully saturated rings. The van der Waals surface area contributed by atoms with E-state index >= 15 is 0 Å². The summed E-state index contributed by atoms with van der Waals surface area (Å²) in [4.78, 5) is 0. The molecule has 2 atom stereocenters. The lowest BCUT2D eigenvalue weighted by molar-refractivity contribution is 0.625. The smallest absolute Gasteiger partial charge is 0.123 e. The molecule has 1 aliphatic carbocycles. The minimum Gasteiger partial charge on any atom is -0.207 e. The molecule has 0 unspecified atom stereocenters. The van der Waals surface area contributed by atoms with Crippen LogP contribution in [0.4, 0.5) is 4.39 Å². The van der Waals surface area contributed by atoms with Crippen LogP contribution in [0.5, 0.6) is 0 Å². The van der Waals surface area contributed by atoms with E-state index in [1.54, 1.807) is 12.1 Å². The lowest BCUT2D eigenvalue weighted by Crippen LogP contribution is -1.86. The summed E-state index contributed by atoms with van der Waals surface area (Å²) < 4.78 is 14.3. The van der Waals surface area contributed by atoms with Crippen LogP contribution in [0.3, 0.4) is 0 Å². The van der Waals surface area contributed by atoms with Gasteiger partial charge in [-0.05, 0) is 47.6 Å². The van der Waals surface area contributed by atoms with Crippen LogP contribution in [0, 0.1) is 5.82 Å². The van der Waals surface area contributed by atoms with E-state index in [1.807, 2.05) is 12.1 Å². The van der Waals surface area contributed by atoms with E-state index in [-0.39, 0.29) is 5.82 Å². The van der Waals surface area contributed by atoms with Crippen molar-refractivity contribution >= 4 is 15.9 Å². The standard InChI is InChI=1S/C15H12BrF/c16-15-7-2-1-6-12(15)14-9-13(14)10-4-3-5-11(17)8-10/h1-8,13-14H,9H2/t13-,14-/m1/s1. The molecule has 0 bridgehead atoms. The van der Waals surface area contributed by atoms with Crippen molar-refractivity contribution in [2.75, 3.05) is 0 Å². The molecule has 0 amide bonds. The van der Waals surface area contributed by atoms with Crippen molar-refractivity contribution in [1.29, 1.82) is 0 Å². The lowest BCUT2D eigenvalue weighted by atomic mass is 10.0. The van der Waals surface area contributed by atoms with Crippen LogP contribution in [-0.4, -0.2) is 0 Å². The van der Waals surface area contributed by atoms with Crippen LogP contribution in [0.1, 0.15) is 29.4 Å². The third-order valence-electron chi connectivity index (χ3n) is 3.37. The molecule has 0 radical (unpaired) electrons. The molecule has 0 nitrogen and oxygen atoms in total. The van der Waals surface area contributed by atoms with Gasteiger partial charge in [-0.3, -0.25) is 0 Å². The summed E-state index contributed by atoms with van der Waals surface area (Å²) >= 11 is 3.58. The van der Waals surface area contributed by atoms with Gasteiger partial charge in [0, 0.05) is 4.47 Å². The van der Waals surface area contributed by atoms with Crippen molar-refractivity contribution < 1.29 is 4.39 Å². The van der Waals surface area contributed by atoms with E-state index in [0.29, 0.717) is 11.8 Å². The second-order valence-electron chi connectivity index (χ2n) is 4.53. The molecule has 0 spiro atoms. The molecule has 0 saturated heterocycles. The molecule has 1 saturated carbocycles. The van der Waals surface area contributed by atoms with Crippen LogP contribution < -0.4 is 0 Å². The maximum Gasteiger partial charge on any atom is 0.123 e. The maximum atomic E-state index is 13.2. The van der Waals surface area contributed by atoms with Crippen LogP contribution >= 0.6 is 15.9 Å². The largest absolute Gasteiger partial charge is 0.207 e. The zero-order chi connectivity index (χ0) is 11.8. The van der Waals surface area contributed by atoms with Crippen molar-refractivity contribution in [3.63, 3.8) is 0 Å². The van der Waals surface area contributed by atoms with Gasteiger partial charge in [0.05, 0.1) is 0 Å². The first-order chi connectivity index (χ1) is 8.25. The Hall–Kier alpha value is -1.15. The van der Waals surface area contributed by atoms with Gasteiger partial charge in [0.2, 0.25) is 0 Å². The molecule has 17 heavy (non-hydrogen) atoms. The van der Waals surface area contributed by atoms with Crippen molar-refractivity contribution in [3.8, 4) is 0 Å². The van der Waals surface area contributed by atoms with E-state index in [4.69, 9.17) is 0 Å². The zero-order valence-electron chi connectivity index (χ0n) is 9.24. The Morgan fingerprint density at radius 3 is 2.59 bits per heavy atom. The van der Waals surface area contributed by atoms with Crippen LogP contribution in [-0.2, 0) is 0 Å². The number of hydrogen-bond acceptors (Lipinski definition) is 0. The molecule has 0 heterocycles. The van der Waals surface area contributed by atoms with E-state index in [0.717, 1.165) is 16.5 Å². The molecule has 0 aliphatic heterocycles. The molecule has 86 valence electrons. The average Bonchev–Trinajstić information content (AvgIpc) is 3.10. The monoisotopic (exact) mass is 290 g/mol. The molecule has 2 aromatic rings. The van der Waals surface area contributed by atoms with E-state index in [1.165, 1.54) is 11.6 Å². The first-order valence-electron chi connectivity index (χ1n) is 5.75. The third kappa shape index (κ3) is 2.14. The molecule has 0 aromatic heterocycles. The van der Waals surface area contributed by atoms with Gasteiger partial charge in [0.25, 0.3) is 0 Å². The van der Waals surface area contributed by atoms with Gasteiger partial charge in [0.15, 0.2) is 0 Å². The van der Waals surface area contributed by atoms with Crippen molar-refractivity contribution in [2.45, 2.75) is 18.3 Å². The SMILES string of the molecule is Fc1cccc([C@H]2C[C@@H]2c2ccccc2Br)c1. The highest BCUT2D eigenvalue weighted by Gasteiger charge is 2.40. The molecule has 1 aliphatic rings. The summed E-state index contributed by atoms with van der Waals surface area (Å²) in [6.45, 7) is 0. The second-order valence-corrected chi connectivity index (χ2v) is 5.38. The first kappa shape index (κ1) is 11.0. The van der Waals surface area contributed by atoms with Gasteiger partial charge in [-0.15, -0.1) is 0 Å². The van der Waals surface area contributed by atoms with Crippen molar-refractivity contribution in [1.82, 2.24) is 0 Å². The number of benzene rings is 2. The summed E-state index contributed by atoms with van der Waals surface area (Å²) in [5, 5.41) is 0. The molecular formula is C15H12BrF. The summed E-state index contributed by atoms with van der Waals surface area (Å²) in [6, 6.07) is 15.3. The topological polar surface area (TPSA) is 0 Å². The predicted molar refractivity (Wildman–Crippen MR) is 70.6 cm³/mol. The third-order valence-corrected chi connectivity index (χ3v) is 4.09. The van der Waals surface area contributed by atoms with Crippen molar-refractivity contribution in [2.24, 2.45) is 0 Å². The van der Waals surface area contributed by atoms with Crippen LogP contribution in [0.2, 0.25) is 0 Å². The fourth-order valence-corrected chi connectivity index (χ4v) is 3.00. The molecule has 2 heteroatoms. The number of hydrogen-bond donors (Lipinski definition) is 0. The highest BCUT2D eigenvalue weighted by atomic mass is 79.9. The first-order valence-corrected chi connectivity index (χ1v) is 6.55. The van der Waals surface area contributed by atoms with Gasteiger partial charge in [-0.2, -0.15) is 0 Å². The highest BCUT2D eigenvalue weighted by Crippen LogP contribution is 2.55. The van der Waals surface area contributed by atoms with Gasteiger partial charge >= 0.3 is 0 Å². The Bertz CT molecular complexity index is 550. The molecule has 3 rings (SSSR count). The molecular weight excluding hydrogens is 279 g/mol. The predicted octanol–water partition coefficient (Wildman–Crippen LogP) is 4.86. The minimum atomic E-state index is -0.139. The second kappa shape index (κ2) is 4.26. The molecule has 2 aromatic carbocycles. The average molecular weight is 291 g/mol. The van der Waals surface area contributed by atoms with Crippen LogP contribution in [0.15, 0.2) is 53.0 Å². The highest BCUT2D eigenvalue weighted by molar-refractivity contribution is 9.10. The fraction of sp³-hybridized carbons (Fsp3) is 0.200. The Morgan fingerprint density at radius 1 is 1.00 bits per heavy atom. The van der Waals surface area contributed by atoms with Gasteiger partial charge < -0.3 is 0 Å². The quantitative estimate of drug-likeness (QED) is 0.741. The van der Waals surface area contributed by atoms with E-state index in [2.05, 4.69) is 34.1 Å². The summed E-state index contributed by atoms with van der Waals surface area (Å²) in [5.74, 6) is 0.872. The lowest BCUT2D eigenvalue weighted by Gasteiger charge is -2.04. The van der Waals surface area contributed by atoms with Gasteiger partial charge in [0.1, 0.15) is 5.82 Å². The van der Waals surface area contributed by atoms with Crippen LogP contribution in [0.25, 0.3) is 0 Å². The Morgan fingerprint density at radius 2 is 1.82 bits per heavy atom. The van der Waals surface area contributed by atoms with Crippen molar-refractivity contribution in [3.05, 3.63) is 69.9 Å². The summed E-state index contributed by atoms with van der Waals surface area (Å²) in [6.07, 6.45) is 1.12. The Labute approximate surface area is 109 Å². The van der Waals surface area contributed by atoms with Gasteiger partial charge in [-0.1, -0.05) is 46.3 Å². The van der Waals surface area contributed by atoms with E-state index in [9.17, 15) is 4.39 Å². The summed E-state index contributed by atoms with van der Waals surface area (Å²) in [7, 11) is 0. The van der Waals surface area contributed by atoms with E-state index < -0.39 is 0 Å². The zero-order valence-corrected chi connectivity index (χ0v) is 10.8. The maximum absolute atomic E-state index is 13.2. The molecule has 0 N–H and O–H groups in total. The fourth-order valence-electron chi connectivity index (χ4n) is 2.42.